The Morgan fingerprint density at radius 2 is 1.90 bits per heavy atom. The van der Waals surface area contributed by atoms with Crippen LogP contribution in [0.15, 0.2) is 30.3 Å². The highest BCUT2D eigenvalue weighted by Gasteiger charge is 2.21. The van der Waals surface area contributed by atoms with Gasteiger partial charge in [-0.05, 0) is 17.9 Å². The highest BCUT2D eigenvalue weighted by atomic mass is 16.6. The molecule has 3 nitrogen and oxygen atoms in total. The second-order valence-electron chi connectivity index (χ2n) is 5.46. The number of hydrogen-bond acceptors (Lipinski definition) is 3. The lowest BCUT2D eigenvalue weighted by Gasteiger charge is -2.18. The van der Waals surface area contributed by atoms with Crippen molar-refractivity contribution in [2.24, 2.45) is 5.92 Å². The molecule has 2 unspecified atom stereocenters. The number of carbonyl (C=O) groups is 1. The number of hydrogen-bond donors (Lipinski definition) is 0. The minimum Gasteiger partial charge on any atom is -0.463 e. The molecule has 0 bridgehead atoms. The molecule has 118 valence electrons. The second kappa shape index (κ2) is 10.4. The monoisotopic (exact) mass is 292 g/mol. The van der Waals surface area contributed by atoms with Crippen LogP contribution < -0.4 is 0 Å². The van der Waals surface area contributed by atoms with Crippen LogP contribution in [-0.4, -0.2) is 25.8 Å². The Morgan fingerprint density at radius 3 is 2.48 bits per heavy atom. The molecule has 2 atom stereocenters. The molecule has 0 N–H and O–H groups in total. The van der Waals surface area contributed by atoms with Gasteiger partial charge in [-0.15, -0.1) is 0 Å². The third-order valence-electron chi connectivity index (χ3n) is 3.82. The Hall–Kier alpha value is -1.35. The van der Waals surface area contributed by atoms with Gasteiger partial charge in [-0.2, -0.15) is 0 Å². The molecule has 0 saturated carbocycles. The predicted octanol–water partition coefficient (Wildman–Crippen LogP) is 4.00. The Kier molecular flexibility index (Phi) is 8.76. The van der Waals surface area contributed by atoms with Crippen LogP contribution in [0, 0.1) is 5.92 Å². The Bertz CT molecular complexity index is 389. The molecule has 0 spiro atoms. The average molecular weight is 292 g/mol. The van der Waals surface area contributed by atoms with E-state index in [1.54, 1.807) is 7.11 Å². The van der Waals surface area contributed by atoms with Crippen molar-refractivity contribution in [3.8, 4) is 0 Å². The molecule has 21 heavy (non-hydrogen) atoms. The summed E-state index contributed by atoms with van der Waals surface area (Å²) in [7, 11) is 1.56. The van der Waals surface area contributed by atoms with Gasteiger partial charge in [0, 0.05) is 13.5 Å². The normalized spacial score (nSPS) is 13.7. The summed E-state index contributed by atoms with van der Waals surface area (Å²) >= 11 is 0. The van der Waals surface area contributed by atoms with Crippen molar-refractivity contribution in [1.82, 2.24) is 0 Å². The maximum atomic E-state index is 12.1. The predicted molar refractivity (Wildman–Crippen MR) is 85.2 cm³/mol. The van der Waals surface area contributed by atoms with E-state index < -0.39 is 6.10 Å². The summed E-state index contributed by atoms with van der Waals surface area (Å²) in [6, 6.07) is 9.88. The van der Waals surface area contributed by atoms with E-state index in [0.717, 1.165) is 18.4 Å². The molecule has 3 heteroatoms. The van der Waals surface area contributed by atoms with Crippen molar-refractivity contribution >= 4 is 5.97 Å². The standard InChI is InChI=1S/C18H28O3/c1-4-6-10-15(5-2)14-21-18(19)17(20-3)13-16-11-8-7-9-12-16/h7-9,11-12,15,17H,4-6,10,13-14H2,1-3H3. The van der Waals surface area contributed by atoms with E-state index in [2.05, 4.69) is 13.8 Å². The highest BCUT2D eigenvalue weighted by Crippen LogP contribution is 2.14. The van der Waals surface area contributed by atoms with Crippen molar-refractivity contribution in [2.45, 2.75) is 52.1 Å². The largest absolute Gasteiger partial charge is 0.463 e. The van der Waals surface area contributed by atoms with Gasteiger partial charge in [0.15, 0.2) is 6.10 Å². The SMILES string of the molecule is CCCCC(CC)COC(=O)C(Cc1ccccc1)OC. The summed E-state index contributed by atoms with van der Waals surface area (Å²) < 4.78 is 10.7. The van der Waals surface area contributed by atoms with Crippen LogP contribution >= 0.6 is 0 Å². The summed E-state index contributed by atoms with van der Waals surface area (Å²) in [5.41, 5.74) is 1.08. The Labute approximate surface area is 128 Å². The molecule has 1 aromatic carbocycles. The molecule has 0 aliphatic rings. The summed E-state index contributed by atoms with van der Waals surface area (Å²) in [5.74, 6) is 0.208. The van der Waals surface area contributed by atoms with E-state index in [9.17, 15) is 4.79 Å². The van der Waals surface area contributed by atoms with Crippen molar-refractivity contribution in [1.29, 1.82) is 0 Å². The summed E-state index contributed by atoms with van der Waals surface area (Å²) in [6.45, 7) is 4.83. The number of ether oxygens (including phenoxy) is 2. The molecule has 0 aliphatic carbocycles. The number of rotatable bonds is 10. The van der Waals surface area contributed by atoms with Crippen molar-refractivity contribution in [3.63, 3.8) is 0 Å². The summed E-state index contributed by atoms with van der Waals surface area (Å²) in [6.07, 6.45) is 4.57. The van der Waals surface area contributed by atoms with Crippen LogP contribution in [0.1, 0.15) is 45.1 Å². The van der Waals surface area contributed by atoms with Crippen molar-refractivity contribution in [2.75, 3.05) is 13.7 Å². The van der Waals surface area contributed by atoms with Crippen LogP contribution in [0.5, 0.6) is 0 Å². The fourth-order valence-electron chi connectivity index (χ4n) is 2.28. The smallest absolute Gasteiger partial charge is 0.335 e. The molecule has 0 saturated heterocycles. The third kappa shape index (κ3) is 6.76. The van der Waals surface area contributed by atoms with Crippen molar-refractivity contribution < 1.29 is 14.3 Å². The molecule has 1 rings (SSSR count). The summed E-state index contributed by atoms with van der Waals surface area (Å²) in [5, 5.41) is 0. The number of carbonyl (C=O) groups excluding carboxylic acids is 1. The van der Waals surface area contributed by atoms with E-state index in [1.165, 1.54) is 12.8 Å². The number of unbranched alkanes of at least 4 members (excludes halogenated alkanes) is 1. The van der Waals surface area contributed by atoms with Crippen molar-refractivity contribution in [3.05, 3.63) is 35.9 Å². The van der Waals surface area contributed by atoms with Crippen LogP contribution in [-0.2, 0) is 20.7 Å². The van der Waals surface area contributed by atoms with E-state index in [4.69, 9.17) is 9.47 Å². The fraction of sp³-hybridized carbons (Fsp3) is 0.611. The van der Waals surface area contributed by atoms with Gasteiger partial charge in [0.05, 0.1) is 6.61 Å². The topological polar surface area (TPSA) is 35.5 Å². The first-order chi connectivity index (χ1) is 10.2. The molecule has 1 aromatic rings. The first-order valence-electron chi connectivity index (χ1n) is 7.94. The zero-order valence-electron chi connectivity index (χ0n) is 13.5. The molecule has 0 radical (unpaired) electrons. The molecule has 0 aromatic heterocycles. The number of methoxy groups -OCH3 is 1. The molecule has 0 amide bonds. The number of benzene rings is 1. The van der Waals surface area contributed by atoms with Crippen LogP contribution in [0.4, 0.5) is 0 Å². The third-order valence-corrected chi connectivity index (χ3v) is 3.82. The van der Waals surface area contributed by atoms with E-state index in [0.29, 0.717) is 18.9 Å². The van der Waals surface area contributed by atoms with E-state index in [1.807, 2.05) is 30.3 Å². The molecule has 0 fully saturated rings. The highest BCUT2D eigenvalue weighted by molar-refractivity contribution is 5.75. The van der Waals surface area contributed by atoms with Gasteiger partial charge in [0.25, 0.3) is 0 Å². The first kappa shape index (κ1) is 17.7. The molecule has 0 heterocycles. The zero-order chi connectivity index (χ0) is 15.5. The lowest BCUT2D eigenvalue weighted by atomic mass is 10.0. The first-order valence-corrected chi connectivity index (χ1v) is 7.94. The van der Waals surface area contributed by atoms with Gasteiger partial charge in [-0.3, -0.25) is 0 Å². The lowest BCUT2D eigenvalue weighted by molar-refractivity contribution is -0.156. The molecular weight excluding hydrogens is 264 g/mol. The minimum absolute atomic E-state index is 0.253. The fourth-order valence-corrected chi connectivity index (χ4v) is 2.28. The minimum atomic E-state index is -0.518. The van der Waals surface area contributed by atoms with Gasteiger partial charge >= 0.3 is 5.97 Å². The Balaban J connectivity index is 2.43. The van der Waals surface area contributed by atoms with Crippen LogP contribution in [0.2, 0.25) is 0 Å². The maximum absolute atomic E-state index is 12.1. The average Bonchev–Trinajstić information content (AvgIpc) is 2.53. The van der Waals surface area contributed by atoms with Gasteiger partial charge in [-0.25, -0.2) is 4.79 Å². The van der Waals surface area contributed by atoms with Gasteiger partial charge < -0.3 is 9.47 Å². The van der Waals surface area contributed by atoms with Crippen LogP contribution in [0.3, 0.4) is 0 Å². The number of esters is 1. The molecule has 0 aliphatic heterocycles. The van der Waals surface area contributed by atoms with E-state index >= 15 is 0 Å². The van der Waals surface area contributed by atoms with Crippen LogP contribution in [0.25, 0.3) is 0 Å². The quantitative estimate of drug-likeness (QED) is 0.611. The maximum Gasteiger partial charge on any atom is 0.335 e. The van der Waals surface area contributed by atoms with Gasteiger partial charge in [-0.1, -0.05) is 63.4 Å². The molecular formula is C18H28O3. The Morgan fingerprint density at radius 1 is 1.19 bits per heavy atom. The summed E-state index contributed by atoms with van der Waals surface area (Å²) in [4.78, 5) is 12.1. The lowest BCUT2D eigenvalue weighted by Crippen LogP contribution is -2.29. The van der Waals surface area contributed by atoms with Gasteiger partial charge in [0.2, 0.25) is 0 Å². The van der Waals surface area contributed by atoms with E-state index in [-0.39, 0.29) is 5.97 Å². The van der Waals surface area contributed by atoms with Gasteiger partial charge in [0.1, 0.15) is 0 Å². The second-order valence-corrected chi connectivity index (χ2v) is 5.46. The zero-order valence-corrected chi connectivity index (χ0v) is 13.5.